The normalized spacial score (nSPS) is 16.9. The van der Waals surface area contributed by atoms with Gasteiger partial charge in [0.15, 0.2) is 4.90 Å². The van der Waals surface area contributed by atoms with E-state index in [1.165, 1.54) is 17.4 Å². The summed E-state index contributed by atoms with van der Waals surface area (Å²) >= 11 is -1.16. The fourth-order valence-corrected chi connectivity index (χ4v) is 5.24. The number of hydrazine groups is 1. The van der Waals surface area contributed by atoms with Crippen LogP contribution in [0.3, 0.4) is 0 Å². The molecule has 3 rings (SSSR count). The molecule has 3 N–H and O–H groups in total. The Morgan fingerprint density at radius 1 is 1.13 bits per heavy atom. The van der Waals surface area contributed by atoms with Gasteiger partial charge in [-0.2, -0.15) is 26.3 Å². The van der Waals surface area contributed by atoms with E-state index < -0.39 is 52.5 Å². The number of carbonyl (C=O) groups excluding carboxylic acids is 1. The number of carbonyl (C=O) groups is 1. The van der Waals surface area contributed by atoms with Gasteiger partial charge in [-0.1, -0.05) is 26.8 Å². The molecular formula is C27H29F6N3O2S. The van der Waals surface area contributed by atoms with Gasteiger partial charge in [-0.3, -0.25) is 9.80 Å². The Kier molecular flexibility index (Phi) is 9.45. The van der Waals surface area contributed by atoms with Crippen LogP contribution in [0.15, 0.2) is 66.3 Å². The summed E-state index contributed by atoms with van der Waals surface area (Å²) in [5.74, 6) is -1.27. The van der Waals surface area contributed by atoms with Gasteiger partial charge in [-0.05, 0) is 70.7 Å². The minimum Gasteiger partial charge on any atom is -0.611 e. The van der Waals surface area contributed by atoms with E-state index in [0.29, 0.717) is 29.0 Å². The number of alkyl halides is 6. The minimum atomic E-state index is -5.00. The average Bonchev–Trinajstić information content (AvgIpc) is 3.72. The molecule has 5 nitrogen and oxygen atoms in total. The van der Waals surface area contributed by atoms with Crippen molar-refractivity contribution < 1.29 is 35.7 Å². The summed E-state index contributed by atoms with van der Waals surface area (Å²) in [6.07, 6.45) is -5.34. The highest BCUT2D eigenvalue weighted by molar-refractivity contribution is 7.92. The number of nitrogens with two attached hydrogens (primary N) is 1. The van der Waals surface area contributed by atoms with Gasteiger partial charge < -0.3 is 10.3 Å². The van der Waals surface area contributed by atoms with Crippen molar-refractivity contribution in [2.24, 2.45) is 11.7 Å². The fourth-order valence-electron chi connectivity index (χ4n) is 3.89. The molecule has 12 heteroatoms. The topological polar surface area (TPSA) is 81.4 Å². The molecule has 3 unspecified atom stereocenters. The average molecular weight is 574 g/mol. The molecule has 0 heterocycles. The largest absolute Gasteiger partial charge is 0.611 e. The second kappa shape index (κ2) is 12.1. The van der Waals surface area contributed by atoms with Crippen molar-refractivity contribution in [2.45, 2.75) is 61.6 Å². The zero-order valence-electron chi connectivity index (χ0n) is 21.3. The molecule has 39 heavy (non-hydrogen) atoms. The maximum Gasteiger partial charge on any atom is 0.416 e. The van der Waals surface area contributed by atoms with E-state index in [0.717, 1.165) is 12.8 Å². The highest BCUT2D eigenvalue weighted by Crippen LogP contribution is 2.39. The van der Waals surface area contributed by atoms with Crippen LogP contribution < -0.4 is 11.2 Å². The van der Waals surface area contributed by atoms with Gasteiger partial charge in [0.25, 0.3) is 5.91 Å². The third kappa shape index (κ3) is 7.80. The van der Waals surface area contributed by atoms with Crippen molar-refractivity contribution in [3.8, 4) is 0 Å². The number of hydrogen-bond acceptors (Lipinski definition) is 4. The third-order valence-corrected chi connectivity index (χ3v) is 8.24. The molecule has 1 saturated carbocycles. The molecule has 2 aromatic rings. The molecule has 1 aliphatic rings. The lowest BCUT2D eigenvalue weighted by atomic mass is 9.90. The van der Waals surface area contributed by atoms with Crippen LogP contribution in [0.1, 0.15) is 61.4 Å². The van der Waals surface area contributed by atoms with Gasteiger partial charge in [0, 0.05) is 25.2 Å². The molecule has 0 saturated heterocycles. The van der Waals surface area contributed by atoms with Crippen LogP contribution in [0.5, 0.6) is 0 Å². The van der Waals surface area contributed by atoms with E-state index in [1.54, 1.807) is 38.1 Å². The minimum absolute atomic E-state index is 0.00548. The Hall–Kier alpha value is -2.96. The predicted octanol–water partition coefficient (Wildman–Crippen LogP) is 6.56. The van der Waals surface area contributed by atoms with Gasteiger partial charge in [0.05, 0.1) is 22.7 Å². The molecule has 1 aliphatic carbocycles. The molecule has 0 aromatic heterocycles. The van der Waals surface area contributed by atoms with Crippen LogP contribution in [-0.4, -0.2) is 20.7 Å². The summed E-state index contributed by atoms with van der Waals surface area (Å²) in [4.78, 5) is 12.9. The fraction of sp³-hybridized carbons (Fsp3) is 0.370. The molecule has 212 valence electrons. The van der Waals surface area contributed by atoms with Gasteiger partial charge in [0.1, 0.15) is 5.25 Å². The van der Waals surface area contributed by atoms with E-state index in [9.17, 15) is 35.7 Å². The van der Waals surface area contributed by atoms with Crippen molar-refractivity contribution in [2.75, 3.05) is 0 Å². The Morgan fingerprint density at radius 3 is 2.08 bits per heavy atom. The summed E-state index contributed by atoms with van der Waals surface area (Å²) < 4.78 is 93.3. The van der Waals surface area contributed by atoms with E-state index in [2.05, 4.69) is 12.0 Å². The Morgan fingerprint density at radius 2 is 1.67 bits per heavy atom. The maximum atomic E-state index is 13.5. The first-order valence-corrected chi connectivity index (χ1v) is 13.4. The lowest BCUT2D eigenvalue weighted by Crippen LogP contribution is -2.37. The SMILES string of the molecule is C=CN(/C=C(/C(N)=O)c1ccc([S+]([O-])C2CC2)cc1)NC(c1cc(C(F)(F)F)cc(C(F)(F)F)c1)C(C)CC. The van der Waals surface area contributed by atoms with Gasteiger partial charge >= 0.3 is 12.4 Å². The summed E-state index contributed by atoms with van der Waals surface area (Å²) in [5, 5.41) is 1.30. The number of nitrogens with zero attached hydrogens (tertiary/aromatic N) is 1. The van der Waals surface area contributed by atoms with E-state index in [-0.39, 0.29) is 22.5 Å². The van der Waals surface area contributed by atoms with E-state index in [4.69, 9.17) is 5.73 Å². The molecule has 1 amide bonds. The van der Waals surface area contributed by atoms with Crippen molar-refractivity contribution >= 4 is 22.7 Å². The van der Waals surface area contributed by atoms with Crippen LogP contribution >= 0.6 is 0 Å². The highest BCUT2D eigenvalue weighted by atomic mass is 32.2. The quantitative estimate of drug-likeness (QED) is 0.138. The summed E-state index contributed by atoms with van der Waals surface area (Å²) in [7, 11) is 0. The van der Waals surface area contributed by atoms with Crippen molar-refractivity contribution in [3.05, 3.63) is 83.7 Å². The van der Waals surface area contributed by atoms with Gasteiger partial charge in [0.2, 0.25) is 0 Å². The summed E-state index contributed by atoms with van der Waals surface area (Å²) in [6, 6.07) is 6.79. The van der Waals surface area contributed by atoms with E-state index >= 15 is 0 Å². The molecular weight excluding hydrogens is 544 g/mol. The van der Waals surface area contributed by atoms with Gasteiger partial charge in [-0.25, -0.2) is 5.43 Å². The zero-order valence-corrected chi connectivity index (χ0v) is 22.1. The number of benzene rings is 2. The van der Waals surface area contributed by atoms with Crippen LogP contribution in [0, 0.1) is 5.92 Å². The number of nitrogens with one attached hydrogen (secondary N) is 1. The lowest BCUT2D eigenvalue weighted by Gasteiger charge is -2.31. The second-order valence-corrected chi connectivity index (χ2v) is 11.1. The molecule has 0 bridgehead atoms. The number of halogens is 6. The lowest BCUT2D eigenvalue weighted by molar-refractivity contribution is -0.143. The monoisotopic (exact) mass is 573 g/mol. The number of primary amides is 1. The predicted molar refractivity (Wildman–Crippen MR) is 137 cm³/mol. The van der Waals surface area contributed by atoms with Crippen molar-refractivity contribution in [1.29, 1.82) is 0 Å². The standard InChI is InChI=1S/C27H29F6N3O2S/c1-4-16(3)24(18-12-19(26(28,29)30)14-20(13-18)27(31,32)33)35-36(5-2)15-23(25(34)37)17-6-8-21(9-7-17)39(38)22-10-11-22/h5-9,12-16,22,24,35H,2,4,10-11H2,1,3H3,(H2,34,37)/b23-15+. The third-order valence-electron chi connectivity index (χ3n) is 6.43. The Labute approximate surface area is 225 Å². The molecule has 1 fully saturated rings. The first kappa shape index (κ1) is 30.6. The smallest absolute Gasteiger partial charge is 0.416 e. The summed E-state index contributed by atoms with van der Waals surface area (Å²) in [6.45, 7) is 7.06. The van der Waals surface area contributed by atoms with Crippen LogP contribution in [-0.2, 0) is 28.3 Å². The maximum absolute atomic E-state index is 13.5. The highest BCUT2D eigenvalue weighted by Gasteiger charge is 2.38. The molecule has 3 atom stereocenters. The first-order valence-electron chi connectivity index (χ1n) is 12.1. The molecule has 0 spiro atoms. The number of amides is 1. The molecule has 2 aromatic carbocycles. The number of hydrogen-bond donors (Lipinski definition) is 2. The first-order chi connectivity index (χ1) is 18.1. The molecule has 0 aliphatic heterocycles. The molecule has 0 radical (unpaired) electrons. The van der Waals surface area contributed by atoms with Crippen molar-refractivity contribution in [3.63, 3.8) is 0 Å². The Balaban J connectivity index is 1.99. The van der Waals surface area contributed by atoms with Crippen LogP contribution in [0.4, 0.5) is 26.3 Å². The van der Waals surface area contributed by atoms with Crippen molar-refractivity contribution in [1.82, 2.24) is 10.4 Å². The summed E-state index contributed by atoms with van der Waals surface area (Å²) in [5.41, 5.74) is 5.75. The van der Waals surface area contributed by atoms with Crippen LogP contribution in [0.25, 0.3) is 5.57 Å². The Bertz CT molecular complexity index is 1180. The van der Waals surface area contributed by atoms with Gasteiger partial charge in [-0.15, -0.1) is 0 Å². The number of rotatable bonds is 11. The van der Waals surface area contributed by atoms with Crippen LogP contribution in [0.2, 0.25) is 0 Å². The second-order valence-electron chi connectivity index (χ2n) is 9.35. The van der Waals surface area contributed by atoms with E-state index in [1.807, 2.05) is 0 Å². The zero-order chi connectivity index (χ0) is 29.1.